The van der Waals surface area contributed by atoms with Gasteiger partial charge >= 0.3 is 0 Å². The minimum atomic E-state index is -3.63. The zero-order valence-corrected chi connectivity index (χ0v) is 17.0. The molecule has 1 aromatic rings. The number of sulfonamides is 1. The Morgan fingerprint density at radius 1 is 1.26 bits per heavy atom. The van der Waals surface area contributed by atoms with Crippen molar-refractivity contribution in [3.8, 4) is 0 Å². The third-order valence-corrected chi connectivity index (χ3v) is 6.80. The van der Waals surface area contributed by atoms with Gasteiger partial charge in [0.05, 0.1) is 23.5 Å². The van der Waals surface area contributed by atoms with Crippen LogP contribution in [0.4, 0.5) is 5.69 Å². The summed E-state index contributed by atoms with van der Waals surface area (Å²) in [5.41, 5.74) is -0.993. The molecule has 1 saturated carbocycles. The van der Waals surface area contributed by atoms with Gasteiger partial charge in [0.15, 0.2) is 0 Å². The molecule has 2 aliphatic rings. The van der Waals surface area contributed by atoms with Crippen molar-refractivity contribution in [2.24, 2.45) is 0 Å². The van der Waals surface area contributed by atoms with Crippen LogP contribution in [0.15, 0.2) is 24.3 Å². The number of carbonyl (C=O) groups excluding carboxylic acids is 2. The van der Waals surface area contributed by atoms with Gasteiger partial charge in [-0.2, -0.15) is 4.31 Å². The van der Waals surface area contributed by atoms with E-state index < -0.39 is 21.5 Å². The van der Waals surface area contributed by atoms with Gasteiger partial charge < -0.3 is 5.32 Å². The third-order valence-electron chi connectivity index (χ3n) is 5.28. The number of anilines is 1. The van der Waals surface area contributed by atoms with E-state index in [1.54, 1.807) is 31.2 Å². The summed E-state index contributed by atoms with van der Waals surface area (Å²) in [5, 5.41) is 3.34. The zero-order valence-electron chi connectivity index (χ0n) is 15.4. The lowest BCUT2D eigenvalue weighted by atomic mass is 9.94. The lowest BCUT2D eigenvalue weighted by molar-refractivity contribution is -0.133. The first-order valence-corrected chi connectivity index (χ1v) is 11.2. The number of para-hydroxylation sites is 1. The summed E-state index contributed by atoms with van der Waals surface area (Å²) in [4.78, 5) is 27.5. The van der Waals surface area contributed by atoms with Crippen LogP contribution in [0.2, 0.25) is 5.02 Å². The summed E-state index contributed by atoms with van der Waals surface area (Å²) in [6.45, 7) is 1.15. The maximum Gasteiger partial charge on any atom is 0.247 e. The number of nitrogens with one attached hydrogen (secondary N) is 1. The second-order valence-corrected chi connectivity index (χ2v) is 9.83. The minimum absolute atomic E-state index is 0.0473. The fourth-order valence-corrected chi connectivity index (χ4v) is 4.87. The van der Waals surface area contributed by atoms with Gasteiger partial charge in [0.25, 0.3) is 0 Å². The topological polar surface area (TPSA) is 86.8 Å². The first-order chi connectivity index (χ1) is 12.6. The Hall–Kier alpha value is -1.64. The first kappa shape index (κ1) is 20.1. The minimum Gasteiger partial charge on any atom is -0.351 e. The summed E-state index contributed by atoms with van der Waals surface area (Å²) >= 11 is 6.29. The molecule has 148 valence electrons. The molecule has 1 saturated heterocycles. The van der Waals surface area contributed by atoms with Crippen LogP contribution in [0.25, 0.3) is 0 Å². The second kappa shape index (κ2) is 7.41. The second-order valence-electron chi connectivity index (χ2n) is 7.44. The van der Waals surface area contributed by atoms with Crippen LogP contribution >= 0.6 is 11.6 Å². The molecule has 1 aromatic carbocycles. The van der Waals surface area contributed by atoms with Gasteiger partial charge in [0.2, 0.25) is 21.8 Å². The summed E-state index contributed by atoms with van der Waals surface area (Å²) in [6.07, 6.45) is 4.91. The smallest absolute Gasteiger partial charge is 0.247 e. The highest BCUT2D eigenvalue weighted by Crippen LogP contribution is 2.35. The number of amides is 2. The van der Waals surface area contributed by atoms with Gasteiger partial charge in [-0.05, 0) is 31.9 Å². The van der Waals surface area contributed by atoms with E-state index >= 15 is 0 Å². The molecule has 0 aromatic heterocycles. The molecule has 1 aliphatic carbocycles. The average Bonchev–Trinajstić information content (AvgIpc) is 3.08. The van der Waals surface area contributed by atoms with Crippen molar-refractivity contribution >= 4 is 39.1 Å². The largest absolute Gasteiger partial charge is 0.351 e. The SMILES string of the molecule is CC1(C(=O)NC2CCCC2)CN(S(C)(=O)=O)CC(=O)N1c1ccccc1Cl. The Morgan fingerprint density at radius 3 is 2.48 bits per heavy atom. The molecule has 1 heterocycles. The Balaban J connectivity index is 2.02. The molecular weight excluding hydrogens is 390 g/mol. The maximum atomic E-state index is 13.2. The Morgan fingerprint density at radius 2 is 1.89 bits per heavy atom. The fourth-order valence-electron chi connectivity index (χ4n) is 3.82. The predicted molar refractivity (Wildman–Crippen MR) is 104 cm³/mol. The molecule has 9 heteroatoms. The van der Waals surface area contributed by atoms with Crippen LogP contribution in [0.3, 0.4) is 0 Å². The third kappa shape index (κ3) is 3.97. The van der Waals surface area contributed by atoms with Gasteiger partial charge in [-0.25, -0.2) is 8.42 Å². The predicted octanol–water partition coefficient (Wildman–Crippen LogP) is 1.77. The first-order valence-electron chi connectivity index (χ1n) is 8.96. The monoisotopic (exact) mass is 413 g/mol. The van der Waals surface area contributed by atoms with Crippen molar-refractivity contribution < 1.29 is 18.0 Å². The average molecular weight is 414 g/mol. The number of nitrogens with zero attached hydrogens (tertiary/aromatic N) is 2. The van der Waals surface area contributed by atoms with Crippen LogP contribution in [-0.2, 0) is 19.6 Å². The summed E-state index contributed by atoms with van der Waals surface area (Å²) < 4.78 is 25.2. The maximum absolute atomic E-state index is 13.2. The highest BCUT2D eigenvalue weighted by atomic mass is 35.5. The number of piperazine rings is 1. The molecule has 0 spiro atoms. The molecule has 1 unspecified atom stereocenters. The highest BCUT2D eigenvalue weighted by Gasteiger charge is 2.51. The van der Waals surface area contributed by atoms with E-state index in [1.807, 2.05) is 0 Å². The lowest BCUT2D eigenvalue weighted by Gasteiger charge is -2.47. The Bertz CT molecular complexity index is 854. The normalized spacial score (nSPS) is 25.0. The van der Waals surface area contributed by atoms with Crippen LogP contribution in [0.5, 0.6) is 0 Å². The number of halogens is 1. The quantitative estimate of drug-likeness (QED) is 0.814. The van der Waals surface area contributed by atoms with Crippen LogP contribution in [0, 0.1) is 0 Å². The van der Waals surface area contributed by atoms with E-state index in [4.69, 9.17) is 11.6 Å². The van der Waals surface area contributed by atoms with Crippen molar-refractivity contribution in [2.45, 2.75) is 44.2 Å². The van der Waals surface area contributed by atoms with Crippen molar-refractivity contribution in [3.05, 3.63) is 29.3 Å². The van der Waals surface area contributed by atoms with E-state index in [0.717, 1.165) is 36.2 Å². The van der Waals surface area contributed by atoms with Crippen molar-refractivity contribution in [3.63, 3.8) is 0 Å². The number of carbonyl (C=O) groups is 2. The summed E-state index contributed by atoms with van der Waals surface area (Å²) in [5.74, 6) is -0.847. The number of rotatable bonds is 4. The lowest BCUT2D eigenvalue weighted by Crippen LogP contribution is -2.70. The molecule has 0 radical (unpaired) electrons. The van der Waals surface area contributed by atoms with Gasteiger partial charge in [0, 0.05) is 12.6 Å². The molecule has 0 bridgehead atoms. The van der Waals surface area contributed by atoms with Crippen molar-refractivity contribution in [1.82, 2.24) is 9.62 Å². The van der Waals surface area contributed by atoms with E-state index in [-0.39, 0.29) is 25.0 Å². The van der Waals surface area contributed by atoms with Gasteiger partial charge in [-0.15, -0.1) is 0 Å². The molecule has 1 aliphatic heterocycles. The number of hydrogen-bond donors (Lipinski definition) is 1. The van der Waals surface area contributed by atoms with Crippen LogP contribution in [-0.4, -0.2) is 55.5 Å². The molecule has 7 nitrogen and oxygen atoms in total. The number of benzene rings is 1. The highest BCUT2D eigenvalue weighted by molar-refractivity contribution is 7.88. The Labute approximate surface area is 164 Å². The van der Waals surface area contributed by atoms with Gasteiger partial charge in [-0.1, -0.05) is 36.6 Å². The summed E-state index contributed by atoms with van der Waals surface area (Å²) in [6, 6.07) is 6.82. The standard InChI is InChI=1S/C18H24ClN3O4S/c1-18(17(24)20-13-7-3-4-8-13)12-21(27(2,25)26)11-16(23)22(18)15-10-6-5-9-14(15)19/h5-6,9-10,13H,3-4,7-8,11-12H2,1-2H3,(H,20,24). The van der Waals surface area contributed by atoms with Crippen LogP contribution in [0.1, 0.15) is 32.6 Å². The fraction of sp³-hybridized carbons (Fsp3) is 0.556. The molecule has 1 atom stereocenters. The van der Waals surface area contributed by atoms with Crippen molar-refractivity contribution in [1.29, 1.82) is 0 Å². The summed E-state index contributed by atoms with van der Waals surface area (Å²) in [7, 11) is -3.63. The zero-order chi connectivity index (χ0) is 19.8. The van der Waals surface area contributed by atoms with E-state index in [0.29, 0.717) is 10.7 Å². The molecule has 1 N–H and O–H groups in total. The molecule has 2 fully saturated rings. The van der Waals surface area contributed by atoms with Crippen LogP contribution < -0.4 is 10.2 Å². The molecular formula is C18H24ClN3O4S. The molecule has 3 rings (SSSR count). The molecule has 27 heavy (non-hydrogen) atoms. The Kier molecular flexibility index (Phi) is 5.52. The van der Waals surface area contributed by atoms with Gasteiger partial charge in [-0.3, -0.25) is 14.5 Å². The van der Waals surface area contributed by atoms with E-state index in [2.05, 4.69) is 5.32 Å². The van der Waals surface area contributed by atoms with E-state index in [9.17, 15) is 18.0 Å². The molecule has 2 amide bonds. The van der Waals surface area contributed by atoms with Crippen molar-refractivity contribution in [2.75, 3.05) is 24.2 Å². The van der Waals surface area contributed by atoms with Gasteiger partial charge in [0.1, 0.15) is 5.54 Å². The van der Waals surface area contributed by atoms with E-state index in [1.165, 1.54) is 4.90 Å². The number of hydrogen-bond acceptors (Lipinski definition) is 4.